The van der Waals surface area contributed by atoms with Gasteiger partial charge in [-0.15, -0.1) is 10.2 Å². The van der Waals surface area contributed by atoms with E-state index in [0.29, 0.717) is 36.2 Å². The Morgan fingerprint density at radius 1 is 1.21 bits per heavy atom. The highest BCUT2D eigenvalue weighted by atomic mass is 16.5. The standard InChI is InChI=1S/C21H28N4O4/c1-4-28-21(27)16-5-7-17(8-6-16)22-18(26)13-25-11-9-15(10-12-25)20-24-23-19(29-20)14(2)3/h5-8,14-15H,4,9-13H2,1-3H3,(H,22,26). The number of esters is 1. The first-order chi connectivity index (χ1) is 14.0. The molecular weight excluding hydrogens is 372 g/mol. The van der Waals surface area contributed by atoms with Gasteiger partial charge in [-0.05, 0) is 57.1 Å². The molecule has 1 amide bonds. The molecule has 0 atom stereocenters. The number of likely N-dealkylation sites (tertiary alicyclic amines) is 1. The van der Waals surface area contributed by atoms with Crippen LogP contribution in [0.2, 0.25) is 0 Å². The maximum Gasteiger partial charge on any atom is 0.338 e. The molecule has 0 unspecified atom stereocenters. The molecule has 0 spiro atoms. The maximum atomic E-state index is 12.3. The fraction of sp³-hybridized carbons (Fsp3) is 0.524. The molecule has 156 valence electrons. The van der Waals surface area contributed by atoms with E-state index in [4.69, 9.17) is 9.15 Å². The van der Waals surface area contributed by atoms with E-state index in [-0.39, 0.29) is 23.7 Å². The minimum Gasteiger partial charge on any atom is -0.462 e. The number of carbonyl (C=O) groups excluding carboxylic acids is 2. The zero-order valence-corrected chi connectivity index (χ0v) is 17.2. The van der Waals surface area contributed by atoms with E-state index < -0.39 is 0 Å². The Morgan fingerprint density at radius 3 is 2.48 bits per heavy atom. The lowest BCUT2D eigenvalue weighted by atomic mass is 9.97. The molecule has 1 N–H and O–H groups in total. The van der Waals surface area contributed by atoms with Crippen molar-refractivity contribution < 1.29 is 18.7 Å². The van der Waals surface area contributed by atoms with Crippen LogP contribution in [-0.2, 0) is 9.53 Å². The molecule has 2 heterocycles. The largest absolute Gasteiger partial charge is 0.462 e. The van der Waals surface area contributed by atoms with Crippen LogP contribution in [-0.4, -0.2) is 53.2 Å². The van der Waals surface area contributed by atoms with Crippen molar-refractivity contribution in [3.8, 4) is 0 Å². The summed E-state index contributed by atoms with van der Waals surface area (Å²) in [6, 6.07) is 6.71. The maximum absolute atomic E-state index is 12.3. The number of nitrogens with one attached hydrogen (secondary N) is 1. The van der Waals surface area contributed by atoms with Crippen molar-refractivity contribution in [2.45, 2.75) is 45.4 Å². The topological polar surface area (TPSA) is 97.6 Å². The van der Waals surface area contributed by atoms with Crippen LogP contribution in [0.1, 0.15) is 67.6 Å². The summed E-state index contributed by atoms with van der Waals surface area (Å²) in [5, 5.41) is 11.2. The van der Waals surface area contributed by atoms with E-state index in [9.17, 15) is 9.59 Å². The van der Waals surface area contributed by atoms with Gasteiger partial charge in [0.15, 0.2) is 0 Å². The van der Waals surface area contributed by atoms with Crippen LogP contribution in [0.5, 0.6) is 0 Å². The van der Waals surface area contributed by atoms with E-state index in [0.717, 1.165) is 25.9 Å². The summed E-state index contributed by atoms with van der Waals surface area (Å²) >= 11 is 0. The first kappa shape index (κ1) is 21.0. The third-order valence-electron chi connectivity index (χ3n) is 4.93. The number of ether oxygens (including phenoxy) is 1. The Labute approximate surface area is 170 Å². The molecule has 8 heteroatoms. The van der Waals surface area contributed by atoms with Crippen LogP contribution >= 0.6 is 0 Å². The second-order valence-electron chi connectivity index (χ2n) is 7.53. The molecule has 3 rings (SSSR count). The first-order valence-corrected chi connectivity index (χ1v) is 10.1. The van der Waals surface area contributed by atoms with Crippen molar-refractivity contribution in [3.63, 3.8) is 0 Å². The Kier molecular flexibility index (Phi) is 6.98. The average Bonchev–Trinajstić information content (AvgIpc) is 3.20. The Hall–Kier alpha value is -2.74. The van der Waals surface area contributed by atoms with Crippen LogP contribution in [0.25, 0.3) is 0 Å². The second-order valence-corrected chi connectivity index (χ2v) is 7.53. The molecule has 1 aromatic carbocycles. The molecule has 0 radical (unpaired) electrons. The van der Waals surface area contributed by atoms with Gasteiger partial charge in [-0.2, -0.15) is 0 Å². The number of carbonyl (C=O) groups is 2. The number of nitrogens with zero attached hydrogens (tertiary/aromatic N) is 3. The lowest BCUT2D eigenvalue weighted by molar-refractivity contribution is -0.117. The van der Waals surface area contributed by atoms with Crippen molar-refractivity contribution in [2.75, 3.05) is 31.6 Å². The third kappa shape index (κ3) is 5.63. The van der Waals surface area contributed by atoms with Gasteiger partial charge in [-0.1, -0.05) is 13.8 Å². The molecule has 0 saturated carbocycles. The highest BCUT2D eigenvalue weighted by Crippen LogP contribution is 2.28. The van der Waals surface area contributed by atoms with Gasteiger partial charge < -0.3 is 14.5 Å². The van der Waals surface area contributed by atoms with Crippen LogP contribution in [0.4, 0.5) is 5.69 Å². The fourth-order valence-corrected chi connectivity index (χ4v) is 3.29. The van der Waals surface area contributed by atoms with E-state index in [1.165, 1.54) is 0 Å². The summed E-state index contributed by atoms with van der Waals surface area (Å²) in [6.07, 6.45) is 1.78. The highest BCUT2D eigenvalue weighted by molar-refractivity contribution is 5.94. The Balaban J connectivity index is 1.45. The number of hydrogen-bond donors (Lipinski definition) is 1. The zero-order valence-electron chi connectivity index (χ0n) is 17.2. The summed E-state index contributed by atoms with van der Waals surface area (Å²) in [7, 11) is 0. The summed E-state index contributed by atoms with van der Waals surface area (Å²) in [5.41, 5.74) is 1.12. The molecule has 0 aliphatic carbocycles. The summed E-state index contributed by atoms with van der Waals surface area (Å²) in [5.74, 6) is 1.42. The van der Waals surface area contributed by atoms with Crippen molar-refractivity contribution >= 4 is 17.6 Å². The van der Waals surface area contributed by atoms with E-state index >= 15 is 0 Å². The van der Waals surface area contributed by atoms with Crippen LogP contribution in [0.3, 0.4) is 0 Å². The van der Waals surface area contributed by atoms with Gasteiger partial charge in [0, 0.05) is 17.5 Å². The minimum absolute atomic E-state index is 0.0766. The number of hydrogen-bond acceptors (Lipinski definition) is 7. The Morgan fingerprint density at radius 2 is 1.90 bits per heavy atom. The third-order valence-corrected chi connectivity index (χ3v) is 4.93. The lowest BCUT2D eigenvalue weighted by Crippen LogP contribution is -2.38. The number of benzene rings is 1. The van der Waals surface area contributed by atoms with Gasteiger partial charge in [-0.3, -0.25) is 9.69 Å². The minimum atomic E-state index is -0.366. The smallest absolute Gasteiger partial charge is 0.338 e. The molecule has 1 saturated heterocycles. The molecule has 1 aliphatic heterocycles. The van der Waals surface area contributed by atoms with Crippen LogP contribution < -0.4 is 5.32 Å². The number of rotatable bonds is 7. The van der Waals surface area contributed by atoms with E-state index in [2.05, 4.69) is 20.4 Å². The highest BCUT2D eigenvalue weighted by Gasteiger charge is 2.26. The van der Waals surface area contributed by atoms with Gasteiger partial charge >= 0.3 is 5.97 Å². The molecule has 1 aliphatic rings. The van der Waals surface area contributed by atoms with E-state index in [1.54, 1.807) is 31.2 Å². The van der Waals surface area contributed by atoms with Crippen molar-refractivity contribution in [3.05, 3.63) is 41.6 Å². The van der Waals surface area contributed by atoms with E-state index in [1.807, 2.05) is 13.8 Å². The van der Waals surface area contributed by atoms with Crippen molar-refractivity contribution in [1.82, 2.24) is 15.1 Å². The first-order valence-electron chi connectivity index (χ1n) is 10.1. The number of amides is 1. The molecule has 1 aromatic heterocycles. The summed E-state index contributed by atoms with van der Waals surface area (Å²) in [4.78, 5) is 26.1. The van der Waals surface area contributed by atoms with Crippen LogP contribution in [0, 0.1) is 0 Å². The van der Waals surface area contributed by atoms with Gasteiger partial charge in [0.05, 0.1) is 18.7 Å². The lowest BCUT2D eigenvalue weighted by Gasteiger charge is -2.29. The molecule has 2 aromatic rings. The van der Waals surface area contributed by atoms with Crippen LogP contribution in [0.15, 0.2) is 28.7 Å². The Bertz CT molecular complexity index is 823. The molecule has 8 nitrogen and oxygen atoms in total. The normalized spacial score (nSPS) is 15.4. The summed E-state index contributed by atoms with van der Waals surface area (Å²) < 4.78 is 10.7. The van der Waals surface area contributed by atoms with Crippen molar-refractivity contribution in [1.29, 1.82) is 0 Å². The van der Waals surface area contributed by atoms with Gasteiger partial charge in [0.1, 0.15) is 0 Å². The predicted octanol–water partition coefficient (Wildman–Crippen LogP) is 3.19. The quantitative estimate of drug-likeness (QED) is 0.713. The zero-order chi connectivity index (χ0) is 20.8. The molecule has 29 heavy (non-hydrogen) atoms. The van der Waals surface area contributed by atoms with Gasteiger partial charge in [0.25, 0.3) is 0 Å². The molecular formula is C21H28N4O4. The molecule has 1 fully saturated rings. The number of piperidine rings is 1. The van der Waals surface area contributed by atoms with Crippen molar-refractivity contribution in [2.24, 2.45) is 0 Å². The SMILES string of the molecule is CCOC(=O)c1ccc(NC(=O)CN2CCC(c3nnc(C(C)C)o3)CC2)cc1. The molecule has 0 bridgehead atoms. The van der Waals surface area contributed by atoms with Gasteiger partial charge in [0.2, 0.25) is 17.7 Å². The predicted molar refractivity (Wildman–Crippen MR) is 108 cm³/mol. The van der Waals surface area contributed by atoms with Gasteiger partial charge in [-0.25, -0.2) is 4.79 Å². The average molecular weight is 400 g/mol. The second kappa shape index (κ2) is 9.65. The fourth-order valence-electron chi connectivity index (χ4n) is 3.29. The number of anilines is 1. The number of aromatic nitrogens is 2. The monoisotopic (exact) mass is 400 g/mol. The summed E-state index contributed by atoms with van der Waals surface area (Å²) in [6.45, 7) is 8.09.